The molecule has 1 amide bonds. The zero-order valence-corrected chi connectivity index (χ0v) is 15.4. The SMILES string of the molecule is CCOc1ccc(S(=O)(=O)Nc2ccccc2Cl)cc1NC(=O)CC. The molecule has 0 saturated carbocycles. The highest BCUT2D eigenvalue weighted by Gasteiger charge is 2.18. The van der Waals surface area contributed by atoms with Crippen LogP contribution in [0.4, 0.5) is 11.4 Å². The van der Waals surface area contributed by atoms with Crippen LogP contribution in [0.1, 0.15) is 20.3 Å². The van der Waals surface area contributed by atoms with Gasteiger partial charge < -0.3 is 10.1 Å². The average molecular weight is 383 g/mol. The third kappa shape index (κ3) is 4.87. The first-order valence-corrected chi connectivity index (χ1v) is 9.57. The van der Waals surface area contributed by atoms with Gasteiger partial charge in [0.1, 0.15) is 5.75 Å². The Balaban J connectivity index is 2.38. The van der Waals surface area contributed by atoms with Gasteiger partial charge in [0.15, 0.2) is 0 Å². The van der Waals surface area contributed by atoms with E-state index in [2.05, 4.69) is 10.0 Å². The molecule has 2 aromatic carbocycles. The van der Waals surface area contributed by atoms with E-state index in [0.717, 1.165) is 0 Å². The molecule has 0 aliphatic carbocycles. The molecule has 0 unspecified atom stereocenters. The van der Waals surface area contributed by atoms with E-state index in [1.165, 1.54) is 18.2 Å². The first-order valence-electron chi connectivity index (χ1n) is 7.71. The van der Waals surface area contributed by atoms with Crippen LogP contribution in [0, 0.1) is 0 Å². The van der Waals surface area contributed by atoms with Crippen LogP contribution >= 0.6 is 11.6 Å². The molecule has 2 N–H and O–H groups in total. The zero-order valence-electron chi connectivity index (χ0n) is 13.9. The van der Waals surface area contributed by atoms with Crippen molar-refractivity contribution in [2.24, 2.45) is 0 Å². The summed E-state index contributed by atoms with van der Waals surface area (Å²) in [5.74, 6) is 0.163. The Morgan fingerprint density at radius 3 is 2.48 bits per heavy atom. The fourth-order valence-corrected chi connectivity index (χ4v) is 3.39. The van der Waals surface area contributed by atoms with Gasteiger partial charge in [0.25, 0.3) is 10.0 Å². The number of nitrogens with one attached hydrogen (secondary N) is 2. The van der Waals surface area contributed by atoms with Crippen molar-refractivity contribution in [3.05, 3.63) is 47.5 Å². The molecule has 0 bridgehead atoms. The number of para-hydroxylation sites is 1. The molecule has 25 heavy (non-hydrogen) atoms. The summed E-state index contributed by atoms with van der Waals surface area (Å²) in [6, 6.07) is 10.8. The largest absolute Gasteiger partial charge is 0.492 e. The van der Waals surface area contributed by atoms with Crippen LogP contribution in [0.2, 0.25) is 5.02 Å². The Morgan fingerprint density at radius 1 is 1.12 bits per heavy atom. The summed E-state index contributed by atoms with van der Waals surface area (Å²) in [5, 5.41) is 2.94. The second kappa shape index (κ2) is 8.22. The monoisotopic (exact) mass is 382 g/mol. The minimum absolute atomic E-state index is 0.0118. The van der Waals surface area contributed by atoms with Crippen molar-refractivity contribution in [2.75, 3.05) is 16.6 Å². The van der Waals surface area contributed by atoms with Crippen molar-refractivity contribution < 1.29 is 17.9 Å². The number of carbonyl (C=O) groups is 1. The van der Waals surface area contributed by atoms with Crippen molar-refractivity contribution in [2.45, 2.75) is 25.2 Å². The van der Waals surface area contributed by atoms with Crippen LogP contribution in [0.25, 0.3) is 0 Å². The molecule has 2 aromatic rings. The average Bonchev–Trinajstić information content (AvgIpc) is 2.58. The molecule has 0 spiro atoms. The number of amides is 1. The normalized spacial score (nSPS) is 11.0. The van der Waals surface area contributed by atoms with Crippen molar-refractivity contribution in [1.29, 1.82) is 0 Å². The standard InChI is InChI=1S/C17H19ClN2O4S/c1-3-17(21)19-15-11-12(9-10-16(15)24-4-2)25(22,23)20-14-8-6-5-7-13(14)18/h5-11,20H,3-4H2,1-2H3,(H,19,21). The molecule has 0 saturated heterocycles. The van der Waals surface area contributed by atoms with Crippen molar-refractivity contribution in [3.8, 4) is 5.75 Å². The topological polar surface area (TPSA) is 84.5 Å². The van der Waals surface area contributed by atoms with Crippen molar-refractivity contribution in [1.82, 2.24) is 0 Å². The van der Waals surface area contributed by atoms with E-state index >= 15 is 0 Å². The Morgan fingerprint density at radius 2 is 1.84 bits per heavy atom. The Kier molecular flexibility index (Phi) is 6.27. The number of hydrogen-bond acceptors (Lipinski definition) is 4. The van der Waals surface area contributed by atoms with Gasteiger partial charge in [-0.05, 0) is 37.3 Å². The second-order valence-electron chi connectivity index (χ2n) is 5.08. The summed E-state index contributed by atoms with van der Waals surface area (Å²) in [4.78, 5) is 11.7. The summed E-state index contributed by atoms with van der Waals surface area (Å²) in [6.07, 6.45) is 0.264. The van der Waals surface area contributed by atoms with Crippen molar-refractivity contribution >= 4 is 38.9 Å². The molecule has 0 atom stereocenters. The summed E-state index contributed by atoms with van der Waals surface area (Å²) < 4.78 is 33.1. The number of sulfonamides is 1. The minimum Gasteiger partial charge on any atom is -0.492 e. The molecule has 0 aliphatic heterocycles. The van der Waals surface area contributed by atoms with Gasteiger partial charge in [-0.2, -0.15) is 0 Å². The van der Waals surface area contributed by atoms with E-state index in [-0.39, 0.29) is 27.9 Å². The predicted molar refractivity (Wildman–Crippen MR) is 98.8 cm³/mol. The molecule has 0 radical (unpaired) electrons. The van der Waals surface area contributed by atoms with Crippen LogP contribution < -0.4 is 14.8 Å². The highest BCUT2D eigenvalue weighted by molar-refractivity contribution is 7.92. The lowest BCUT2D eigenvalue weighted by molar-refractivity contribution is -0.115. The fourth-order valence-electron chi connectivity index (χ4n) is 2.04. The Bertz CT molecular complexity index is 869. The third-order valence-electron chi connectivity index (χ3n) is 3.27. The van der Waals surface area contributed by atoms with Crippen molar-refractivity contribution in [3.63, 3.8) is 0 Å². The number of hydrogen-bond donors (Lipinski definition) is 2. The van der Waals surface area contributed by atoms with Gasteiger partial charge in [-0.1, -0.05) is 30.7 Å². The number of benzene rings is 2. The fraction of sp³-hybridized carbons (Fsp3) is 0.235. The van der Waals surface area contributed by atoms with Crippen LogP contribution in [0.3, 0.4) is 0 Å². The maximum absolute atomic E-state index is 12.6. The molecule has 134 valence electrons. The summed E-state index contributed by atoms with van der Waals surface area (Å²) >= 11 is 6.00. The quantitative estimate of drug-likeness (QED) is 0.760. The number of ether oxygens (including phenoxy) is 1. The lowest BCUT2D eigenvalue weighted by atomic mass is 10.3. The molecule has 0 heterocycles. The van der Waals surface area contributed by atoms with Crippen LogP contribution in [-0.2, 0) is 14.8 Å². The second-order valence-corrected chi connectivity index (χ2v) is 7.17. The maximum Gasteiger partial charge on any atom is 0.262 e. The Hall–Kier alpha value is -2.25. The predicted octanol–water partition coefficient (Wildman–Crippen LogP) is 3.89. The molecular formula is C17H19ClN2O4S. The third-order valence-corrected chi connectivity index (χ3v) is 4.97. The van der Waals surface area contributed by atoms with Gasteiger partial charge in [0, 0.05) is 6.42 Å². The molecule has 8 heteroatoms. The van der Waals surface area contributed by atoms with Gasteiger partial charge in [-0.15, -0.1) is 0 Å². The van der Waals surface area contributed by atoms with E-state index in [0.29, 0.717) is 18.0 Å². The molecule has 0 aliphatic rings. The first-order chi connectivity index (χ1) is 11.9. The van der Waals surface area contributed by atoms with E-state index in [1.54, 1.807) is 38.1 Å². The molecule has 0 fully saturated rings. The minimum atomic E-state index is -3.87. The van der Waals surface area contributed by atoms with E-state index < -0.39 is 10.0 Å². The molecule has 0 aromatic heterocycles. The highest BCUT2D eigenvalue weighted by Crippen LogP contribution is 2.30. The highest BCUT2D eigenvalue weighted by atomic mass is 35.5. The lowest BCUT2D eigenvalue weighted by Crippen LogP contribution is -2.15. The molecule has 6 nitrogen and oxygen atoms in total. The number of anilines is 2. The molecular weight excluding hydrogens is 364 g/mol. The Labute approximate surface area is 152 Å². The maximum atomic E-state index is 12.6. The van der Waals surface area contributed by atoms with E-state index in [9.17, 15) is 13.2 Å². The summed E-state index contributed by atoms with van der Waals surface area (Å²) in [5.41, 5.74) is 0.577. The number of rotatable bonds is 7. The van der Waals surface area contributed by atoms with Crippen LogP contribution in [0.15, 0.2) is 47.4 Å². The summed E-state index contributed by atoms with van der Waals surface area (Å²) in [6.45, 7) is 3.89. The van der Waals surface area contributed by atoms with Gasteiger partial charge in [-0.3, -0.25) is 9.52 Å². The smallest absolute Gasteiger partial charge is 0.262 e. The number of halogens is 1. The number of carbonyl (C=O) groups excluding carboxylic acids is 1. The van der Waals surface area contributed by atoms with Gasteiger partial charge in [0.05, 0.1) is 27.9 Å². The zero-order chi connectivity index (χ0) is 18.4. The van der Waals surface area contributed by atoms with Crippen LogP contribution in [-0.4, -0.2) is 20.9 Å². The molecule has 2 rings (SSSR count). The van der Waals surface area contributed by atoms with Crippen LogP contribution in [0.5, 0.6) is 5.75 Å². The van der Waals surface area contributed by atoms with Gasteiger partial charge in [0.2, 0.25) is 5.91 Å². The van der Waals surface area contributed by atoms with E-state index in [1.807, 2.05) is 0 Å². The summed E-state index contributed by atoms with van der Waals surface area (Å²) in [7, 11) is -3.87. The first kappa shape index (κ1) is 19.1. The van der Waals surface area contributed by atoms with Gasteiger partial charge in [-0.25, -0.2) is 8.42 Å². The lowest BCUT2D eigenvalue weighted by Gasteiger charge is -2.14. The van der Waals surface area contributed by atoms with Gasteiger partial charge >= 0.3 is 0 Å². The van der Waals surface area contributed by atoms with E-state index in [4.69, 9.17) is 16.3 Å².